The molecule has 1 N–H and O–H groups in total. The molecule has 5 nitrogen and oxygen atoms in total. The van der Waals surface area contributed by atoms with Crippen LogP contribution in [0, 0.1) is 0 Å². The maximum atomic E-state index is 11.8. The van der Waals surface area contributed by atoms with Gasteiger partial charge in [-0.3, -0.25) is 9.59 Å². The van der Waals surface area contributed by atoms with Crippen molar-refractivity contribution in [3.05, 3.63) is 12.2 Å². The van der Waals surface area contributed by atoms with Crippen LogP contribution in [0.1, 0.15) is 90.9 Å². The molecule has 0 saturated carbocycles. The van der Waals surface area contributed by atoms with Gasteiger partial charge in [-0.2, -0.15) is 0 Å². The molecule has 0 heterocycles. The number of aliphatic hydroxyl groups excluding tert-OH is 1. The fourth-order valence-corrected chi connectivity index (χ4v) is 2.55. The van der Waals surface area contributed by atoms with Gasteiger partial charge in [-0.1, -0.05) is 57.6 Å². The molecule has 0 amide bonds. The van der Waals surface area contributed by atoms with Gasteiger partial charge < -0.3 is 14.6 Å². The lowest BCUT2D eigenvalue weighted by atomic mass is 10.1. The molecule has 0 unspecified atom stereocenters. The standard InChI is InChI=1S/C21H38O5/c1-3-5-7-9-10-11-12-14-16-21(24)26-19(17-22)18-25-20(23)15-13-8-6-4-2/h3,5,19,22H,4,6-18H2,1-2H3/b5-3+/t19-/m0/s1. The highest BCUT2D eigenvalue weighted by Gasteiger charge is 2.15. The number of carbonyl (C=O) groups excluding carboxylic acids is 2. The van der Waals surface area contributed by atoms with Gasteiger partial charge in [0.15, 0.2) is 6.10 Å². The van der Waals surface area contributed by atoms with Gasteiger partial charge in [0, 0.05) is 12.8 Å². The van der Waals surface area contributed by atoms with Crippen molar-refractivity contribution >= 4 is 11.9 Å². The molecular weight excluding hydrogens is 332 g/mol. The summed E-state index contributed by atoms with van der Waals surface area (Å²) in [7, 11) is 0. The number of unbranched alkanes of at least 4 members (excludes halogenated alkanes) is 8. The highest BCUT2D eigenvalue weighted by atomic mass is 16.6. The molecule has 0 aromatic rings. The van der Waals surface area contributed by atoms with Gasteiger partial charge in [0.05, 0.1) is 6.61 Å². The molecule has 0 aliphatic rings. The SMILES string of the molecule is C/C=C/CCCCCCCC(=O)O[C@@H](CO)COC(=O)CCCCCC. The van der Waals surface area contributed by atoms with Crippen molar-refractivity contribution < 1.29 is 24.2 Å². The van der Waals surface area contributed by atoms with Crippen molar-refractivity contribution in [3.8, 4) is 0 Å². The summed E-state index contributed by atoms with van der Waals surface area (Å²) in [5.74, 6) is -0.634. The predicted molar refractivity (Wildman–Crippen MR) is 104 cm³/mol. The highest BCUT2D eigenvalue weighted by Crippen LogP contribution is 2.09. The maximum absolute atomic E-state index is 11.8. The van der Waals surface area contributed by atoms with Crippen molar-refractivity contribution in [2.75, 3.05) is 13.2 Å². The maximum Gasteiger partial charge on any atom is 0.306 e. The van der Waals surface area contributed by atoms with Crippen LogP contribution in [0.15, 0.2) is 12.2 Å². The Morgan fingerprint density at radius 1 is 0.923 bits per heavy atom. The van der Waals surface area contributed by atoms with Crippen LogP contribution in [0.3, 0.4) is 0 Å². The first-order valence-corrected chi connectivity index (χ1v) is 10.2. The van der Waals surface area contributed by atoms with Gasteiger partial charge in [-0.15, -0.1) is 0 Å². The molecule has 26 heavy (non-hydrogen) atoms. The van der Waals surface area contributed by atoms with Crippen molar-refractivity contribution in [1.82, 2.24) is 0 Å². The highest BCUT2D eigenvalue weighted by molar-refractivity contribution is 5.70. The smallest absolute Gasteiger partial charge is 0.306 e. The van der Waals surface area contributed by atoms with Crippen LogP contribution < -0.4 is 0 Å². The number of allylic oxidation sites excluding steroid dienone is 2. The quantitative estimate of drug-likeness (QED) is 0.228. The summed E-state index contributed by atoms with van der Waals surface area (Å²) < 4.78 is 10.3. The summed E-state index contributed by atoms with van der Waals surface area (Å²) in [4.78, 5) is 23.4. The summed E-state index contributed by atoms with van der Waals surface area (Å²) >= 11 is 0. The van der Waals surface area contributed by atoms with Gasteiger partial charge in [-0.25, -0.2) is 0 Å². The Hall–Kier alpha value is -1.36. The predicted octanol–water partition coefficient (Wildman–Crippen LogP) is 4.71. The van der Waals surface area contributed by atoms with E-state index in [9.17, 15) is 14.7 Å². The van der Waals surface area contributed by atoms with E-state index in [1.54, 1.807) is 0 Å². The number of rotatable bonds is 17. The van der Waals surface area contributed by atoms with E-state index in [-0.39, 0.29) is 25.2 Å². The Morgan fingerprint density at radius 3 is 2.19 bits per heavy atom. The molecule has 0 aliphatic carbocycles. The van der Waals surface area contributed by atoms with Gasteiger partial charge in [0.2, 0.25) is 0 Å². The van der Waals surface area contributed by atoms with Gasteiger partial charge in [-0.05, 0) is 32.6 Å². The normalized spacial score (nSPS) is 12.3. The van der Waals surface area contributed by atoms with Crippen molar-refractivity contribution in [2.45, 2.75) is 97.0 Å². The molecule has 0 rings (SSSR count). The van der Waals surface area contributed by atoms with Crippen LogP contribution in [0.25, 0.3) is 0 Å². The van der Waals surface area contributed by atoms with E-state index in [1.165, 1.54) is 12.8 Å². The zero-order valence-corrected chi connectivity index (χ0v) is 16.7. The Labute approximate surface area is 159 Å². The van der Waals surface area contributed by atoms with Crippen molar-refractivity contribution in [1.29, 1.82) is 0 Å². The molecular formula is C21H38O5. The topological polar surface area (TPSA) is 72.8 Å². The summed E-state index contributed by atoms with van der Waals surface area (Å²) in [6.45, 7) is 3.74. The number of hydrogen-bond donors (Lipinski definition) is 1. The Morgan fingerprint density at radius 2 is 1.54 bits per heavy atom. The van der Waals surface area contributed by atoms with E-state index in [4.69, 9.17) is 9.47 Å². The fourth-order valence-electron chi connectivity index (χ4n) is 2.55. The van der Waals surface area contributed by atoms with E-state index < -0.39 is 6.10 Å². The number of esters is 2. The summed E-state index contributed by atoms with van der Waals surface area (Å²) in [5, 5.41) is 9.27. The third kappa shape index (κ3) is 16.1. The molecule has 0 aliphatic heterocycles. The molecule has 0 saturated heterocycles. The molecule has 1 atom stereocenters. The zero-order valence-electron chi connectivity index (χ0n) is 16.7. The average Bonchev–Trinajstić information content (AvgIpc) is 2.64. The minimum Gasteiger partial charge on any atom is -0.462 e. The first-order valence-electron chi connectivity index (χ1n) is 10.2. The summed E-state index contributed by atoms with van der Waals surface area (Å²) in [5.41, 5.74) is 0. The molecule has 0 radical (unpaired) electrons. The molecule has 0 aromatic carbocycles. The van der Waals surface area contributed by atoms with Crippen LogP contribution in [0.4, 0.5) is 0 Å². The van der Waals surface area contributed by atoms with E-state index in [1.807, 2.05) is 6.92 Å². The second-order valence-corrected chi connectivity index (χ2v) is 6.66. The van der Waals surface area contributed by atoms with Crippen LogP contribution in [-0.4, -0.2) is 36.4 Å². The third-order valence-electron chi connectivity index (χ3n) is 4.15. The second-order valence-electron chi connectivity index (χ2n) is 6.66. The van der Waals surface area contributed by atoms with E-state index in [2.05, 4.69) is 19.1 Å². The number of carbonyl (C=O) groups is 2. The fraction of sp³-hybridized carbons (Fsp3) is 0.810. The number of aliphatic hydroxyl groups is 1. The van der Waals surface area contributed by atoms with Crippen LogP contribution in [-0.2, 0) is 19.1 Å². The van der Waals surface area contributed by atoms with Crippen molar-refractivity contribution in [3.63, 3.8) is 0 Å². The number of ether oxygens (including phenoxy) is 2. The molecule has 152 valence electrons. The van der Waals surface area contributed by atoms with Crippen LogP contribution >= 0.6 is 0 Å². The van der Waals surface area contributed by atoms with Gasteiger partial charge in [0.25, 0.3) is 0 Å². The minimum absolute atomic E-state index is 0.0696. The first kappa shape index (κ1) is 24.6. The Balaban J connectivity index is 3.70. The minimum atomic E-state index is -0.761. The molecule has 0 aromatic heterocycles. The molecule has 0 spiro atoms. The second kappa shape index (κ2) is 18.4. The zero-order chi connectivity index (χ0) is 19.5. The van der Waals surface area contributed by atoms with Gasteiger partial charge in [0.1, 0.15) is 6.61 Å². The van der Waals surface area contributed by atoms with E-state index >= 15 is 0 Å². The average molecular weight is 371 g/mol. The van der Waals surface area contributed by atoms with Crippen molar-refractivity contribution in [2.24, 2.45) is 0 Å². The Bertz CT molecular complexity index is 379. The molecule has 0 bridgehead atoms. The first-order chi connectivity index (χ1) is 12.6. The van der Waals surface area contributed by atoms with E-state index in [0.29, 0.717) is 12.8 Å². The van der Waals surface area contributed by atoms with E-state index in [0.717, 1.165) is 51.4 Å². The lowest BCUT2D eigenvalue weighted by Gasteiger charge is -2.15. The summed E-state index contributed by atoms with van der Waals surface area (Å²) in [6, 6.07) is 0. The molecule has 5 heteroatoms. The third-order valence-corrected chi connectivity index (χ3v) is 4.15. The van der Waals surface area contributed by atoms with Gasteiger partial charge >= 0.3 is 11.9 Å². The number of hydrogen-bond acceptors (Lipinski definition) is 5. The van der Waals surface area contributed by atoms with Crippen LogP contribution in [0.5, 0.6) is 0 Å². The lowest BCUT2D eigenvalue weighted by Crippen LogP contribution is -2.28. The monoisotopic (exact) mass is 370 g/mol. The summed E-state index contributed by atoms with van der Waals surface area (Å²) in [6.07, 6.45) is 14.6. The Kier molecular flexibility index (Phi) is 17.5. The molecule has 0 fully saturated rings. The van der Waals surface area contributed by atoms with Crippen LogP contribution in [0.2, 0.25) is 0 Å². The lowest BCUT2D eigenvalue weighted by molar-refractivity contribution is -0.161. The largest absolute Gasteiger partial charge is 0.462 e.